The number of rotatable bonds is 3. The molecule has 54 valence electrons. The van der Waals surface area contributed by atoms with Crippen LogP contribution >= 0.6 is 22.6 Å². The first-order valence-electron chi connectivity index (χ1n) is 2.88. The molecular formula is C6H13IOSi. The SMILES string of the molecule is C=C(CI)O[Si](C)(C)C. The summed E-state index contributed by atoms with van der Waals surface area (Å²) in [5.74, 6) is 0.912. The minimum Gasteiger partial charge on any atom is -0.547 e. The highest BCUT2D eigenvalue weighted by Crippen LogP contribution is 2.09. The first kappa shape index (κ1) is 9.49. The molecule has 0 fully saturated rings. The number of allylic oxidation sites excluding steroid dienone is 1. The Kier molecular flexibility index (Phi) is 3.80. The predicted octanol–water partition coefficient (Wildman–Crippen LogP) is 2.79. The van der Waals surface area contributed by atoms with Gasteiger partial charge >= 0.3 is 0 Å². The second-order valence-electron chi connectivity index (χ2n) is 2.89. The van der Waals surface area contributed by atoms with Crippen molar-refractivity contribution < 1.29 is 4.43 Å². The molecule has 0 aromatic carbocycles. The lowest BCUT2D eigenvalue weighted by Gasteiger charge is -2.19. The smallest absolute Gasteiger partial charge is 0.241 e. The molecule has 0 rings (SSSR count). The molecule has 9 heavy (non-hydrogen) atoms. The van der Waals surface area contributed by atoms with Crippen molar-refractivity contribution in [2.24, 2.45) is 0 Å². The first-order chi connectivity index (χ1) is 3.95. The molecule has 0 unspecified atom stereocenters. The van der Waals surface area contributed by atoms with E-state index in [2.05, 4.69) is 48.8 Å². The molecule has 0 aliphatic heterocycles. The van der Waals surface area contributed by atoms with Crippen LogP contribution in [0.5, 0.6) is 0 Å². The van der Waals surface area contributed by atoms with Crippen LogP contribution < -0.4 is 0 Å². The van der Waals surface area contributed by atoms with Crippen molar-refractivity contribution in [3.8, 4) is 0 Å². The van der Waals surface area contributed by atoms with Crippen molar-refractivity contribution in [2.45, 2.75) is 19.6 Å². The average Bonchev–Trinajstić information content (AvgIpc) is 1.62. The molecule has 0 bridgehead atoms. The van der Waals surface area contributed by atoms with Gasteiger partial charge < -0.3 is 4.43 Å². The van der Waals surface area contributed by atoms with Crippen LogP contribution in [0.15, 0.2) is 12.3 Å². The van der Waals surface area contributed by atoms with Gasteiger partial charge in [-0.1, -0.05) is 29.2 Å². The van der Waals surface area contributed by atoms with Gasteiger partial charge in [0.1, 0.15) is 0 Å². The minimum atomic E-state index is -1.35. The normalized spacial score (nSPS) is 11.1. The van der Waals surface area contributed by atoms with Gasteiger partial charge in [-0.2, -0.15) is 0 Å². The fraction of sp³-hybridized carbons (Fsp3) is 0.667. The van der Waals surface area contributed by atoms with Gasteiger partial charge in [0.25, 0.3) is 0 Å². The Bertz CT molecular complexity index is 106. The van der Waals surface area contributed by atoms with Gasteiger partial charge in [0.05, 0.1) is 10.2 Å². The summed E-state index contributed by atoms with van der Waals surface area (Å²) in [7, 11) is -1.35. The molecule has 0 saturated carbocycles. The zero-order valence-corrected chi connectivity index (χ0v) is 9.36. The van der Waals surface area contributed by atoms with E-state index in [0.29, 0.717) is 0 Å². The Labute approximate surface area is 71.8 Å². The maximum atomic E-state index is 5.52. The second-order valence-corrected chi connectivity index (χ2v) is 8.08. The molecule has 0 heterocycles. The van der Waals surface area contributed by atoms with Crippen LogP contribution in [-0.2, 0) is 4.43 Å². The largest absolute Gasteiger partial charge is 0.547 e. The monoisotopic (exact) mass is 256 g/mol. The molecule has 0 aromatic heterocycles. The lowest BCUT2D eigenvalue weighted by molar-refractivity contribution is 0.432. The molecule has 0 aliphatic carbocycles. The quantitative estimate of drug-likeness (QED) is 0.326. The molecule has 3 heteroatoms. The summed E-state index contributed by atoms with van der Waals surface area (Å²) in [6, 6.07) is 0. The summed E-state index contributed by atoms with van der Waals surface area (Å²) in [4.78, 5) is 0. The van der Waals surface area contributed by atoms with E-state index in [1.807, 2.05) is 0 Å². The summed E-state index contributed by atoms with van der Waals surface area (Å²) in [6.07, 6.45) is 0. The number of hydrogen-bond acceptors (Lipinski definition) is 1. The highest BCUT2D eigenvalue weighted by molar-refractivity contribution is 14.1. The predicted molar refractivity (Wildman–Crippen MR) is 52.5 cm³/mol. The lowest BCUT2D eigenvalue weighted by Crippen LogP contribution is -2.24. The van der Waals surface area contributed by atoms with Crippen LogP contribution in [0, 0.1) is 0 Å². The summed E-state index contributed by atoms with van der Waals surface area (Å²) >= 11 is 2.25. The first-order valence-corrected chi connectivity index (χ1v) is 7.82. The van der Waals surface area contributed by atoms with Gasteiger partial charge in [0.2, 0.25) is 8.32 Å². The molecule has 0 aromatic rings. The molecule has 0 amide bonds. The van der Waals surface area contributed by atoms with Crippen LogP contribution in [0.1, 0.15) is 0 Å². The van der Waals surface area contributed by atoms with E-state index >= 15 is 0 Å². The van der Waals surface area contributed by atoms with Crippen LogP contribution in [0.4, 0.5) is 0 Å². The van der Waals surface area contributed by atoms with Gasteiger partial charge in [0, 0.05) is 0 Å². The van der Waals surface area contributed by atoms with Crippen molar-refractivity contribution in [3.63, 3.8) is 0 Å². The van der Waals surface area contributed by atoms with Crippen molar-refractivity contribution in [2.75, 3.05) is 4.43 Å². The average molecular weight is 256 g/mol. The molecule has 0 atom stereocenters. The molecule has 0 N–H and O–H groups in total. The van der Waals surface area contributed by atoms with Crippen LogP contribution in [0.2, 0.25) is 19.6 Å². The van der Waals surface area contributed by atoms with Gasteiger partial charge in [-0.25, -0.2) is 0 Å². The van der Waals surface area contributed by atoms with Gasteiger partial charge in [-0.3, -0.25) is 0 Å². The standard InChI is InChI=1S/C6H13IOSi/c1-6(5-7)8-9(2,3)4/h1,5H2,2-4H3. The highest BCUT2D eigenvalue weighted by atomic mass is 127. The summed E-state index contributed by atoms with van der Waals surface area (Å²) < 4.78 is 6.43. The molecule has 1 nitrogen and oxygen atoms in total. The Balaban J connectivity index is 3.60. The van der Waals surface area contributed by atoms with Crippen LogP contribution in [0.3, 0.4) is 0 Å². The minimum absolute atomic E-state index is 0.905. The van der Waals surface area contributed by atoms with Gasteiger partial charge in [-0.15, -0.1) is 0 Å². The molecule has 0 spiro atoms. The summed E-state index contributed by atoms with van der Waals surface area (Å²) in [5, 5.41) is 0. The zero-order valence-electron chi connectivity index (χ0n) is 6.20. The van der Waals surface area contributed by atoms with E-state index < -0.39 is 8.32 Å². The fourth-order valence-electron chi connectivity index (χ4n) is 0.460. The molecular weight excluding hydrogens is 243 g/mol. The highest BCUT2D eigenvalue weighted by Gasteiger charge is 2.15. The second kappa shape index (κ2) is 3.61. The van der Waals surface area contributed by atoms with Crippen molar-refractivity contribution in [1.29, 1.82) is 0 Å². The zero-order chi connectivity index (χ0) is 7.49. The molecule has 0 aliphatic rings. The third-order valence-electron chi connectivity index (χ3n) is 0.600. The Morgan fingerprint density at radius 2 is 2.00 bits per heavy atom. The Hall–Kier alpha value is 0.487. The topological polar surface area (TPSA) is 9.23 Å². The lowest BCUT2D eigenvalue weighted by atomic mass is 10.7. The number of hydrogen-bond donors (Lipinski definition) is 0. The van der Waals surface area contributed by atoms with E-state index in [9.17, 15) is 0 Å². The third-order valence-corrected chi connectivity index (χ3v) is 2.35. The summed E-state index contributed by atoms with van der Waals surface area (Å²) in [5.41, 5.74) is 0. The van der Waals surface area contributed by atoms with Crippen molar-refractivity contribution in [1.82, 2.24) is 0 Å². The number of halogens is 1. The van der Waals surface area contributed by atoms with Crippen molar-refractivity contribution in [3.05, 3.63) is 12.3 Å². The van der Waals surface area contributed by atoms with Gasteiger partial charge in [0.15, 0.2) is 0 Å². The molecule has 0 saturated heterocycles. The maximum Gasteiger partial charge on any atom is 0.241 e. The van der Waals surface area contributed by atoms with Crippen LogP contribution in [0.25, 0.3) is 0 Å². The van der Waals surface area contributed by atoms with E-state index in [1.165, 1.54) is 0 Å². The van der Waals surface area contributed by atoms with E-state index in [4.69, 9.17) is 4.43 Å². The maximum absolute atomic E-state index is 5.52. The van der Waals surface area contributed by atoms with Crippen LogP contribution in [-0.4, -0.2) is 12.7 Å². The van der Waals surface area contributed by atoms with Gasteiger partial charge in [-0.05, 0) is 19.6 Å². The van der Waals surface area contributed by atoms with Crippen molar-refractivity contribution >= 4 is 30.9 Å². The molecule has 0 radical (unpaired) electrons. The van der Waals surface area contributed by atoms with E-state index in [-0.39, 0.29) is 0 Å². The fourth-order valence-corrected chi connectivity index (χ4v) is 1.85. The Morgan fingerprint density at radius 3 is 2.11 bits per heavy atom. The Morgan fingerprint density at radius 1 is 1.56 bits per heavy atom. The summed E-state index contributed by atoms with van der Waals surface area (Å²) in [6.45, 7) is 10.2. The van der Waals surface area contributed by atoms with E-state index in [0.717, 1.165) is 10.2 Å². The number of alkyl halides is 1. The van der Waals surface area contributed by atoms with E-state index in [1.54, 1.807) is 0 Å². The third kappa shape index (κ3) is 6.37.